The molecule has 0 spiro atoms. The maximum atomic E-state index is 6.26. The van der Waals surface area contributed by atoms with Crippen LogP contribution >= 0.6 is 11.6 Å². The van der Waals surface area contributed by atoms with E-state index in [9.17, 15) is 0 Å². The standard InChI is InChI=1S/C16H22ClN3O/c1-5-18-11(2)13-8-6-7-9-15(13)21-10-14-16(17)12(3)19-20(14)4/h6-9,11,18H,5,10H2,1-4H3. The fraction of sp³-hybridized carbons (Fsp3) is 0.438. The molecule has 1 N–H and O–H groups in total. The topological polar surface area (TPSA) is 39.1 Å². The molecule has 1 aromatic heterocycles. The summed E-state index contributed by atoms with van der Waals surface area (Å²) in [4.78, 5) is 0. The van der Waals surface area contributed by atoms with Crippen LogP contribution in [0.1, 0.15) is 36.8 Å². The highest BCUT2D eigenvalue weighted by molar-refractivity contribution is 6.31. The molecule has 1 atom stereocenters. The van der Waals surface area contributed by atoms with Crippen LogP contribution < -0.4 is 10.1 Å². The van der Waals surface area contributed by atoms with Gasteiger partial charge in [-0.2, -0.15) is 5.10 Å². The summed E-state index contributed by atoms with van der Waals surface area (Å²) in [6, 6.07) is 8.32. The summed E-state index contributed by atoms with van der Waals surface area (Å²) in [6.45, 7) is 7.45. The van der Waals surface area contributed by atoms with Gasteiger partial charge in [0.25, 0.3) is 0 Å². The Kier molecular flexibility index (Phi) is 5.26. The molecular weight excluding hydrogens is 286 g/mol. The molecule has 21 heavy (non-hydrogen) atoms. The maximum Gasteiger partial charge on any atom is 0.131 e. The number of nitrogens with one attached hydrogen (secondary N) is 1. The highest BCUT2D eigenvalue weighted by Gasteiger charge is 2.14. The zero-order valence-corrected chi connectivity index (χ0v) is 13.7. The van der Waals surface area contributed by atoms with E-state index in [-0.39, 0.29) is 6.04 Å². The van der Waals surface area contributed by atoms with Crippen LogP contribution in [-0.2, 0) is 13.7 Å². The molecule has 0 aliphatic heterocycles. The first-order valence-corrected chi connectivity index (χ1v) is 7.55. The predicted molar refractivity (Wildman–Crippen MR) is 85.8 cm³/mol. The molecule has 1 aromatic carbocycles. The van der Waals surface area contributed by atoms with Gasteiger partial charge >= 0.3 is 0 Å². The molecule has 0 amide bonds. The van der Waals surface area contributed by atoms with E-state index in [1.807, 2.05) is 32.2 Å². The molecule has 0 saturated carbocycles. The van der Waals surface area contributed by atoms with E-state index in [0.717, 1.165) is 29.2 Å². The molecule has 114 valence electrons. The van der Waals surface area contributed by atoms with Crippen molar-refractivity contribution < 1.29 is 4.74 Å². The molecule has 1 heterocycles. The van der Waals surface area contributed by atoms with Gasteiger partial charge in [0.05, 0.1) is 16.4 Å². The number of rotatable bonds is 6. The second-order valence-corrected chi connectivity index (χ2v) is 5.45. The summed E-state index contributed by atoms with van der Waals surface area (Å²) in [6.07, 6.45) is 0. The second-order valence-electron chi connectivity index (χ2n) is 5.08. The highest BCUT2D eigenvalue weighted by Crippen LogP contribution is 2.27. The van der Waals surface area contributed by atoms with Crippen LogP contribution in [0.15, 0.2) is 24.3 Å². The van der Waals surface area contributed by atoms with Crippen molar-refractivity contribution in [1.82, 2.24) is 15.1 Å². The minimum atomic E-state index is 0.245. The van der Waals surface area contributed by atoms with Gasteiger partial charge in [0, 0.05) is 18.7 Å². The lowest BCUT2D eigenvalue weighted by molar-refractivity contribution is 0.289. The number of aryl methyl sites for hydroxylation is 2. The Morgan fingerprint density at radius 3 is 2.71 bits per heavy atom. The van der Waals surface area contributed by atoms with Crippen molar-refractivity contribution in [3.8, 4) is 5.75 Å². The molecule has 5 heteroatoms. The number of hydrogen-bond acceptors (Lipinski definition) is 3. The molecule has 0 radical (unpaired) electrons. The number of benzene rings is 1. The zero-order chi connectivity index (χ0) is 15.4. The Labute approximate surface area is 131 Å². The first-order chi connectivity index (χ1) is 10.0. The Bertz CT molecular complexity index is 610. The minimum absolute atomic E-state index is 0.245. The van der Waals surface area contributed by atoms with Crippen molar-refractivity contribution in [3.05, 3.63) is 46.2 Å². The summed E-state index contributed by atoms with van der Waals surface area (Å²) < 4.78 is 7.75. The molecular formula is C16H22ClN3O. The molecule has 0 fully saturated rings. The fourth-order valence-electron chi connectivity index (χ4n) is 2.37. The van der Waals surface area contributed by atoms with Crippen LogP contribution in [0.4, 0.5) is 0 Å². The van der Waals surface area contributed by atoms with Crippen molar-refractivity contribution in [3.63, 3.8) is 0 Å². The lowest BCUT2D eigenvalue weighted by atomic mass is 10.1. The second kappa shape index (κ2) is 6.96. The van der Waals surface area contributed by atoms with Crippen molar-refractivity contribution in [2.45, 2.75) is 33.4 Å². The monoisotopic (exact) mass is 307 g/mol. The smallest absolute Gasteiger partial charge is 0.131 e. The van der Waals surface area contributed by atoms with Crippen LogP contribution in [0.25, 0.3) is 0 Å². The quantitative estimate of drug-likeness (QED) is 0.885. The number of hydrogen-bond donors (Lipinski definition) is 1. The van der Waals surface area contributed by atoms with Crippen LogP contribution in [0.2, 0.25) is 5.02 Å². The summed E-state index contributed by atoms with van der Waals surface area (Å²) in [5, 5.41) is 8.38. The van der Waals surface area contributed by atoms with Crippen LogP contribution in [0.3, 0.4) is 0 Å². The fourth-order valence-corrected chi connectivity index (χ4v) is 2.58. The summed E-state index contributed by atoms with van der Waals surface area (Å²) in [5.41, 5.74) is 2.86. The van der Waals surface area contributed by atoms with Gasteiger partial charge in [-0.05, 0) is 26.5 Å². The third-order valence-electron chi connectivity index (χ3n) is 3.52. The van der Waals surface area contributed by atoms with Gasteiger partial charge in [0.15, 0.2) is 0 Å². The Morgan fingerprint density at radius 1 is 1.38 bits per heavy atom. The van der Waals surface area contributed by atoms with Crippen LogP contribution in [0, 0.1) is 6.92 Å². The number of aromatic nitrogens is 2. The van der Waals surface area contributed by atoms with Crippen molar-refractivity contribution in [2.24, 2.45) is 7.05 Å². The van der Waals surface area contributed by atoms with Gasteiger partial charge in [0.1, 0.15) is 12.4 Å². The van der Waals surface area contributed by atoms with Gasteiger partial charge in [-0.15, -0.1) is 0 Å². The largest absolute Gasteiger partial charge is 0.487 e. The summed E-state index contributed by atoms with van der Waals surface area (Å²) in [5.74, 6) is 0.876. The van der Waals surface area contributed by atoms with Gasteiger partial charge < -0.3 is 10.1 Å². The third kappa shape index (κ3) is 3.57. The molecule has 0 aliphatic carbocycles. The maximum absolute atomic E-state index is 6.26. The molecule has 1 unspecified atom stereocenters. The zero-order valence-electron chi connectivity index (χ0n) is 13.0. The number of nitrogens with zero attached hydrogens (tertiary/aromatic N) is 2. The van der Waals surface area contributed by atoms with E-state index in [1.54, 1.807) is 4.68 Å². The molecule has 0 aliphatic rings. The molecule has 0 bridgehead atoms. The summed E-state index contributed by atoms with van der Waals surface area (Å²) in [7, 11) is 1.88. The van der Waals surface area contributed by atoms with E-state index in [1.165, 1.54) is 0 Å². The average molecular weight is 308 g/mol. The lowest BCUT2D eigenvalue weighted by Gasteiger charge is -2.17. The van der Waals surface area contributed by atoms with Crippen molar-refractivity contribution >= 4 is 11.6 Å². The number of halogens is 1. The van der Waals surface area contributed by atoms with Crippen molar-refractivity contribution in [1.29, 1.82) is 0 Å². The molecule has 0 saturated heterocycles. The van der Waals surface area contributed by atoms with E-state index in [4.69, 9.17) is 16.3 Å². The Morgan fingerprint density at radius 2 is 2.10 bits per heavy atom. The number of para-hydroxylation sites is 1. The van der Waals surface area contributed by atoms with E-state index in [2.05, 4.69) is 30.3 Å². The van der Waals surface area contributed by atoms with Gasteiger partial charge in [-0.1, -0.05) is 36.7 Å². The summed E-state index contributed by atoms with van der Waals surface area (Å²) >= 11 is 6.26. The normalized spacial score (nSPS) is 12.4. The molecule has 2 rings (SSSR count). The van der Waals surface area contributed by atoms with E-state index in [0.29, 0.717) is 11.6 Å². The first kappa shape index (κ1) is 15.9. The van der Waals surface area contributed by atoms with E-state index >= 15 is 0 Å². The van der Waals surface area contributed by atoms with Crippen molar-refractivity contribution in [2.75, 3.05) is 6.54 Å². The van der Waals surface area contributed by atoms with Gasteiger partial charge in [0.2, 0.25) is 0 Å². The van der Waals surface area contributed by atoms with Crippen LogP contribution in [-0.4, -0.2) is 16.3 Å². The Balaban J connectivity index is 2.17. The SMILES string of the molecule is CCNC(C)c1ccccc1OCc1c(Cl)c(C)nn1C. The first-order valence-electron chi connectivity index (χ1n) is 7.17. The van der Waals surface area contributed by atoms with Gasteiger partial charge in [-0.25, -0.2) is 0 Å². The third-order valence-corrected chi connectivity index (χ3v) is 4.01. The van der Waals surface area contributed by atoms with E-state index < -0.39 is 0 Å². The average Bonchev–Trinajstić information content (AvgIpc) is 2.71. The molecule has 4 nitrogen and oxygen atoms in total. The highest BCUT2D eigenvalue weighted by atomic mass is 35.5. The minimum Gasteiger partial charge on any atom is -0.487 e. The lowest BCUT2D eigenvalue weighted by Crippen LogP contribution is -2.18. The Hall–Kier alpha value is -1.52. The van der Waals surface area contributed by atoms with Crippen LogP contribution in [0.5, 0.6) is 5.75 Å². The predicted octanol–water partition coefficient (Wildman–Crippen LogP) is 3.63. The molecule has 2 aromatic rings. The van der Waals surface area contributed by atoms with Gasteiger partial charge in [-0.3, -0.25) is 4.68 Å². The number of ether oxygens (including phenoxy) is 1.